The number of aromatic nitrogens is 6. The molecule has 12 nitrogen and oxygen atoms in total. The summed E-state index contributed by atoms with van der Waals surface area (Å²) in [5.74, 6) is 0.476. The number of imidazole rings is 1. The Bertz CT molecular complexity index is 1690. The van der Waals surface area contributed by atoms with Crippen molar-refractivity contribution in [2.24, 2.45) is 0 Å². The Morgan fingerprint density at radius 3 is 2.62 bits per heavy atom. The molecule has 5 N–H and O–H groups in total. The molecule has 0 atom stereocenters. The molecule has 0 spiro atoms. The van der Waals surface area contributed by atoms with Gasteiger partial charge < -0.3 is 31.0 Å². The number of nitrogens with zero attached hydrogens (tertiary/aromatic N) is 6. The summed E-state index contributed by atoms with van der Waals surface area (Å²) in [6.07, 6.45) is -2.03. The Balaban J connectivity index is 1.27. The van der Waals surface area contributed by atoms with Crippen LogP contribution in [-0.4, -0.2) is 74.5 Å². The van der Waals surface area contributed by atoms with Gasteiger partial charge in [-0.15, -0.1) is 0 Å². The number of aromatic amines is 1. The van der Waals surface area contributed by atoms with E-state index in [1.54, 1.807) is 24.3 Å². The summed E-state index contributed by atoms with van der Waals surface area (Å²) in [6.45, 7) is 1.37. The van der Waals surface area contributed by atoms with Crippen LogP contribution in [0, 0.1) is 0 Å². The number of fused-ring (bicyclic) bond motifs is 2. The standard InChI is InChI=1S/C25H23F3N10O2/c26-25(27,28)12-30-23(39)16-11-38-20(21(29)31-13-32-38)19(16)14-1-3-15(4-2-14)33-24-34-17-5-6-18(35-22(17)36-24)37-7-9-40-10-8-37/h1-6,11,13H,7-10,12H2,(H,30,39)(H2,29,31,32)(H2,33,34,35,36). The molecule has 0 radical (unpaired) electrons. The Morgan fingerprint density at radius 2 is 1.88 bits per heavy atom. The number of H-pyrrole nitrogens is 1. The zero-order chi connectivity index (χ0) is 27.9. The summed E-state index contributed by atoms with van der Waals surface area (Å²) >= 11 is 0. The van der Waals surface area contributed by atoms with Crippen molar-refractivity contribution in [2.45, 2.75) is 6.18 Å². The van der Waals surface area contributed by atoms with E-state index < -0.39 is 18.6 Å². The zero-order valence-electron chi connectivity index (χ0n) is 20.9. The topological polar surface area (TPSA) is 151 Å². The molecule has 15 heteroatoms. The van der Waals surface area contributed by atoms with Crippen molar-refractivity contribution in [1.29, 1.82) is 0 Å². The van der Waals surface area contributed by atoms with E-state index in [1.807, 2.05) is 17.4 Å². The molecule has 6 rings (SSSR count). The maximum absolute atomic E-state index is 12.7. The summed E-state index contributed by atoms with van der Waals surface area (Å²) in [7, 11) is 0. The number of alkyl halides is 3. The molecule has 1 amide bonds. The van der Waals surface area contributed by atoms with E-state index in [4.69, 9.17) is 10.5 Å². The number of hydrogen-bond donors (Lipinski definition) is 4. The molecule has 1 fully saturated rings. The third-order valence-corrected chi connectivity index (χ3v) is 6.40. The van der Waals surface area contributed by atoms with E-state index in [0.717, 1.165) is 24.4 Å². The minimum atomic E-state index is -4.56. The third kappa shape index (κ3) is 5.05. The number of nitrogens with two attached hydrogens (primary N) is 1. The number of nitrogens with one attached hydrogen (secondary N) is 3. The van der Waals surface area contributed by atoms with Crippen molar-refractivity contribution in [3.05, 3.63) is 54.5 Å². The zero-order valence-corrected chi connectivity index (χ0v) is 20.9. The highest BCUT2D eigenvalue weighted by Gasteiger charge is 2.29. The smallest absolute Gasteiger partial charge is 0.382 e. The molecular formula is C25H23F3N10O2. The Labute approximate surface area is 224 Å². The van der Waals surface area contributed by atoms with Gasteiger partial charge in [-0.1, -0.05) is 12.1 Å². The predicted molar refractivity (Wildman–Crippen MR) is 141 cm³/mol. The van der Waals surface area contributed by atoms with Gasteiger partial charge in [-0.05, 0) is 29.8 Å². The first-order valence-corrected chi connectivity index (χ1v) is 12.3. The normalized spacial score (nSPS) is 14.1. The van der Waals surface area contributed by atoms with Gasteiger partial charge in [0.05, 0.1) is 24.3 Å². The average molecular weight is 553 g/mol. The third-order valence-electron chi connectivity index (χ3n) is 6.40. The number of anilines is 4. The van der Waals surface area contributed by atoms with Gasteiger partial charge in [-0.2, -0.15) is 23.3 Å². The monoisotopic (exact) mass is 552 g/mol. The van der Waals surface area contributed by atoms with Crippen LogP contribution in [0.15, 0.2) is 48.9 Å². The first-order chi connectivity index (χ1) is 19.2. The molecule has 1 aromatic carbocycles. The van der Waals surface area contributed by atoms with E-state index in [1.165, 1.54) is 17.0 Å². The number of morpholine rings is 1. The fourth-order valence-corrected chi connectivity index (χ4v) is 4.54. The van der Waals surface area contributed by atoms with Crippen molar-refractivity contribution >= 4 is 45.9 Å². The number of rotatable bonds is 6. The van der Waals surface area contributed by atoms with Crippen LogP contribution in [-0.2, 0) is 4.74 Å². The molecule has 1 aliphatic rings. The molecule has 1 aliphatic heterocycles. The van der Waals surface area contributed by atoms with Gasteiger partial charge in [-0.25, -0.2) is 14.5 Å². The average Bonchev–Trinajstić information content (AvgIpc) is 3.54. The Kier molecular flexibility index (Phi) is 6.34. The molecule has 206 valence electrons. The number of hydrogen-bond acceptors (Lipinski definition) is 9. The maximum atomic E-state index is 12.7. The van der Waals surface area contributed by atoms with Gasteiger partial charge in [-0.3, -0.25) is 4.79 Å². The second kappa shape index (κ2) is 10.00. The van der Waals surface area contributed by atoms with Crippen molar-refractivity contribution in [3.8, 4) is 11.1 Å². The second-order valence-corrected chi connectivity index (χ2v) is 9.08. The number of benzene rings is 1. The van der Waals surface area contributed by atoms with Crippen LogP contribution >= 0.6 is 0 Å². The molecule has 1 saturated heterocycles. The van der Waals surface area contributed by atoms with Crippen LogP contribution < -0.4 is 21.3 Å². The molecule has 0 saturated carbocycles. The van der Waals surface area contributed by atoms with Crippen LogP contribution in [0.2, 0.25) is 0 Å². The molecule has 4 aromatic heterocycles. The molecule has 5 heterocycles. The van der Waals surface area contributed by atoms with E-state index in [9.17, 15) is 18.0 Å². The molecule has 0 unspecified atom stereocenters. The van der Waals surface area contributed by atoms with Gasteiger partial charge in [0, 0.05) is 30.5 Å². The largest absolute Gasteiger partial charge is 0.405 e. The number of carbonyl (C=O) groups is 1. The first-order valence-electron chi connectivity index (χ1n) is 12.3. The minimum Gasteiger partial charge on any atom is -0.382 e. The molecule has 0 bridgehead atoms. The minimum absolute atomic E-state index is 0.0170. The Hall–Kier alpha value is -4.92. The molecule has 5 aromatic rings. The SMILES string of the molecule is Nc1ncnn2cc(C(=O)NCC(F)(F)F)c(-c3ccc(Nc4nc5nc(N6CCOCC6)ccc5[nH]4)cc3)c12. The fourth-order valence-electron chi connectivity index (χ4n) is 4.54. The number of nitrogen functional groups attached to an aromatic ring is 1. The van der Waals surface area contributed by atoms with Gasteiger partial charge in [0.2, 0.25) is 5.95 Å². The van der Waals surface area contributed by atoms with Crippen LogP contribution in [0.5, 0.6) is 0 Å². The molecular weight excluding hydrogens is 529 g/mol. The van der Waals surface area contributed by atoms with Crippen LogP contribution in [0.3, 0.4) is 0 Å². The summed E-state index contributed by atoms with van der Waals surface area (Å²) in [4.78, 5) is 31.2. The van der Waals surface area contributed by atoms with Crippen molar-refractivity contribution < 1.29 is 22.7 Å². The van der Waals surface area contributed by atoms with Crippen molar-refractivity contribution in [2.75, 3.05) is 48.8 Å². The highest BCUT2D eigenvalue weighted by Crippen LogP contribution is 2.33. The number of halogens is 3. The summed E-state index contributed by atoms with van der Waals surface area (Å²) < 4.78 is 44.9. The second-order valence-electron chi connectivity index (χ2n) is 9.08. The number of ether oxygens (including phenoxy) is 1. The number of amides is 1. The van der Waals surface area contributed by atoms with E-state index in [0.29, 0.717) is 47.1 Å². The van der Waals surface area contributed by atoms with E-state index >= 15 is 0 Å². The summed E-state index contributed by atoms with van der Waals surface area (Å²) in [6, 6.07) is 10.8. The Morgan fingerprint density at radius 1 is 1.10 bits per heavy atom. The lowest BCUT2D eigenvalue weighted by molar-refractivity contribution is -0.123. The number of carbonyl (C=O) groups excluding carboxylic acids is 1. The maximum Gasteiger partial charge on any atom is 0.405 e. The van der Waals surface area contributed by atoms with E-state index in [-0.39, 0.29) is 11.4 Å². The highest BCUT2D eigenvalue weighted by molar-refractivity contribution is 6.07. The summed E-state index contributed by atoms with van der Waals surface area (Å²) in [5.41, 5.74) is 9.19. The highest BCUT2D eigenvalue weighted by atomic mass is 19.4. The summed E-state index contributed by atoms with van der Waals surface area (Å²) in [5, 5.41) is 9.15. The predicted octanol–water partition coefficient (Wildman–Crippen LogP) is 3.12. The van der Waals surface area contributed by atoms with E-state index in [2.05, 4.69) is 35.3 Å². The van der Waals surface area contributed by atoms with Gasteiger partial charge in [0.1, 0.15) is 24.2 Å². The molecule has 0 aliphatic carbocycles. The van der Waals surface area contributed by atoms with Crippen LogP contribution in [0.4, 0.5) is 36.4 Å². The van der Waals surface area contributed by atoms with Gasteiger partial charge in [0.25, 0.3) is 5.91 Å². The van der Waals surface area contributed by atoms with Crippen molar-refractivity contribution in [1.82, 2.24) is 34.9 Å². The fraction of sp³-hybridized carbons (Fsp3) is 0.240. The van der Waals surface area contributed by atoms with Crippen LogP contribution in [0.25, 0.3) is 27.8 Å². The lowest BCUT2D eigenvalue weighted by Gasteiger charge is -2.27. The lowest BCUT2D eigenvalue weighted by Crippen LogP contribution is -2.36. The van der Waals surface area contributed by atoms with Crippen LogP contribution in [0.1, 0.15) is 10.4 Å². The lowest BCUT2D eigenvalue weighted by atomic mass is 10.0. The first kappa shape index (κ1) is 25.4. The van der Waals surface area contributed by atoms with Crippen molar-refractivity contribution in [3.63, 3.8) is 0 Å². The van der Waals surface area contributed by atoms with Gasteiger partial charge >= 0.3 is 6.18 Å². The van der Waals surface area contributed by atoms with Gasteiger partial charge in [0.15, 0.2) is 11.5 Å². The molecule has 40 heavy (non-hydrogen) atoms. The number of pyridine rings is 1. The quantitative estimate of drug-likeness (QED) is 0.249.